The summed E-state index contributed by atoms with van der Waals surface area (Å²) < 4.78 is 1.87. The third-order valence-electron chi connectivity index (χ3n) is 4.58. The first-order chi connectivity index (χ1) is 12.6. The maximum Gasteiger partial charge on any atom is 0.248 e. The first-order valence-corrected chi connectivity index (χ1v) is 9.62. The third kappa shape index (κ3) is 3.32. The lowest BCUT2D eigenvalue weighted by Gasteiger charge is -2.24. The summed E-state index contributed by atoms with van der Waals surface area (Å²) in [6, 6.07) is 7.11. The van der Waals surface area contributed by atoms with Gasteiger partial charge in [-0.15, -0.1) is 11.3 Å². The number of anilines is 1. The van der Waals surface area contributed by atoms with Crippen LogP contribution in [0.3, 0.4) is 0 Å². The second kappa shape index (κ2) is 7.09. The van der Waals surface area contributed by atoms with E-state index in [1.165, 1.54) is 11.3 Å². The van der Waals surface area contributed by atoms with E-state index in [9.17, 15) is 9.59 Å². The van der Waals surface area contributed by atoms with Crippen molar-refractivity contribution < 1.29 is 9.59 Å². The summed E-state index contributed by atoms with van der Waals surface area (Å²) in [4.78, 5) is 31.1. The van der Waals surface area contributed by atoms with Gasteiger partial charge in [0, 0.05) is 34.9 Å². The smallest absolute Gasteiger partial charge is 0.248 e. The number of rotatable bonds is 4. The van der Waals surface area contributed by atoms with Crippen LogP contribution in [0.25, 0.3) is 10.9 Å². The highest BCUT2D eigenvalue weighted by atomic mass is 35.5. The molecule has 1 aliphatic heterocycles. The van der Waals surface area contributed by atoms with Crippen LogP contribution in [0.15, 0.2) is 42.0 Å². The summed E-state index contributed by atoms with van der Waals surface area (Å²) in [6.07, 6.45) is 5.00. The Morgan fingerprint density at radius 3 is 3.04 bits per heavy atom. The Morgan fingerprint density at radius 2 is 2.23 bits per heavy atom. The lowest BCUT2D eigenvalue weighted by Crippen LogP contribution is -2.44. The fourth-order valence-corrected chi connectivity index (χ4v) is 4.04. The van der Waals surface area contributed by atoms with Gasteiger partial charge in [0.05, 0.1) is 0 Å². The molecule has 26 heavy (non-hydrogen) atoms. The first-order valence-electron chi connectivity index (χ1n) is 8.36. The van der Waals surface area contributed by atoms with Crippen LogP contribution < -0.4 is 5.32 Å². The molecule has 0 aliphatic carbocycles. The molecule has 0 spiro atoms. The number of carbonyl (C=O) groups excluding carboxylic acids is 2. The Hall–Kier alpha value is -2.38. The predicted octanol–water partition coefficient (Wildman–Crippen LogP) is 3.38. The highest BCUT2D eigenvalue weighted by Crippen LogP contribution is 2.23. The number of aromatic nitrogens is 2. The number of halogens is 1. The number of hydrogen-bond donors (Lipinski definition) is 1. The fourth-order valence-electron chi connectivity index (χ4n) is 3.34. The molecule has 1 saturated heterocycles. The second-order valence-electron chi connectivity index (χ2n) is 6.22. The Bertz CT molecular complexity index is 953. The molecule has 0 saturated carbocycles. The zero-order valence-corrected chi connectivity index (χ0v) is 15.5. The van der Waals surface area contributed by atoms with Gasteiger partial charge in [-0.05, 0) is 36.4 Å². The summed E-state index contributed by atoms with van der Waals surface area (Å²) in [5.74, 6) is -0.245. The SMILES string of the molecule is O=C(Nc1nccs1)C1CCCN1C(=O)Cn1ccc2ccc(Cl)cc21. The van der Waals surface area contributed by atoms with E-state index in [4.69, 9.17) is 11.6 Å². The highest BCUT2D eigenvalue weighted by molar-refractivity contribution is 7.13. The molecule has 1 fully saturated rings. The molecule has 0 bridgehead atoms. The van der Waals surface area contributed by atoms with Crippen LogP contribution in [-0.2, 0) is 16.1 Å². The molecular weight excluding hydrogens is 372 g/mol. The van der Waals surface area contributed by atoms with E-state index in [2.05, 4.69) is 10.3 Å². The van der Waals surface area contributed by atoms with Crippen molar-refractivity contribution in [1.82, 2.24) is 14.5 Å². The average Bonchev–Trinajstić information content (AvgIpc) is 3.35. The normalized spacial score (nSPS) is 17.0. The molecule has 1 unspecified atom stereocenters. The number of carbonyl (C=O) groups is 2. The molecule has 1 atom stereocenters. The van der Waals surface area contributed by atoms with Gasteiger partial charge in [-0.1, -0.05) is 17.7 Å². The molecule has 1 aromatic carbocycles. The molecule has 3 heterocycles. The number of hydrogen-bond acceptors (Lipinski definition) is 4. The molecule has 134 valence electrons. The Morgan fingerprint density at radius 1 is 1.35 bits per heavy atom. The summed E-state index contributed by atoms with van der Waals surface area (Å²) >= 11 is 7.44. The van der Waals surface area contributed by atoms with Gasteiger partial charge in [0.2, 0.25) is 11.8 Å². The number of nitrogens with zero attached hydrogens (tertiary/aromatic N) is 3. The van der Waals surface area contributed by atoms with Crippen molar-refractivity contribution in [2.75, 3.05) is 11.9 Å². The quantitative estimate of drug-likeness (QED) is 0.745. The zero-order chi connectivity index (χ0) is 18.1. The van der Waals surface area contributed by atoms with Crippen molar-refractivity contribution in [1.29, 1.82) is 0 Å². The minimum absolute atomic E-state index is 0.0701. The van der Waals surface area contributed by atoms with Crippen molar-refractivity contribution >= 4 is 50.8 Å². The summed E-state index contributed by atoms with van der Waals surface area (Å²) in [6.45, 7) is 0.777. The molecule has 3 aromatic rings. The predicted molar refractivity (Wildman–Crippen MR) is 102 cm³/mol. The van der Waals surface area contributed by atoms with Crippen molar-refractivity contribution in [3.05, 3.63) is 47.1 Å². The topological polar surface area (TPSA) is 67.2 Å². The van der Waals surface area contributed by atoms with Crippen molar-refractivity contribution in [2.45, 2.75) is 25.4 Å². The van der Waals surface area contributed by atoms with Gasteiger partial charge in [0.1, 0.15) is 12.6 Å². The fraction of sp³-hybridized carbons (Fsp3) is 0.278. The third-order valence-corrected chi connectivity index (χ3v) is 5.50. The monoisotopic (exact) mass is 388 g/mol. The summed E-state index contributed by atoms with van der Waals surface area (Å²) in [5, 5.41) is 6.81. The molecular formula is C18H17ClN4O2S. The number of fused-ring (bicyclic) bond motifs is 1. The van der Waals surface area contributed by atoms with E-state index in [-0.39, 0.29) is 18.4 Å². The van der Waals surface area contributed by atoms with Crippen LogP contribution in [0.5, 0.6) is 0 Å². The van der Waals surface area contributed by atoms with Gasteiger partial charge in [0.15, 0.2) is 5.13 Å². The number of thiazole rings is 1. The summed E-state index contributed by atoms with van der Waals surface area (Å²) in [7, 11) is 0. The van der Waals surface area contributed by atoms with E-state index >= 15 is 0 Å². The van der Waals surface area contributed by atoms with Crippen molar-refractivity contribution in [3.63, 3.8) is 0 Å². The van der Waals surface area contributed by atoms with Crippen LogP contribution in [0.4, 0.5) is 5.13 Å². The van der Waals surface area contributed by atoms with Gasteiger partial charge >= 0.3 is 0 Å². The van der Waals surface area contributed by atoms with Gasteiger partial charge in [0.25, 0.3) is 0 Å². The van der Waals surface area contributed by atoms with Crippen LogP contribution in [0.2, 0.25) is 5.02 Å². The Balaban J connectivity index is 1.49. The van der Waals surface area contributed by atoms with Gasteiger partial charge in [-0.3, -0.25) is 9.59 Å². The van der Waals surface area contributed by atoms with Gasteiger partial charge in [-0.25, -0.2) is 4.98 Å². The molecule has 1 aliphatic rings. The first kappa shape index (κ1) is 17.1. The van der Waals surface area contributed by atoms with Gasteiger partial charge < -0.3 is 14.8 Å². The van der Waals surface area contributed by atoms with E-state index in [0.717, 1.165) is 17.3 Å². The van der Waals surface area contributed by atoms with E-state index in [0.29, 0.717) is 23.1 Å². The number of likely N-dealkylation sites (tertiary alicyclic amines) is 1. The number of nitrogens with one attached hydrogen (secondary N) is 1. The summed E-state index contributed by atoms with van der Waals surface area (Å²) in [5.41, 5.74) is 0.911. The lowest BCUT2D eigenvalue weighted by atomic mass is 10.2. The van der Waals surface area contributed by atoms with E-state index in [1.54, 1.807) is 16.5 Å². The van der Waals surface area contributed by atoms with Crippen molar-refractivity contribution in [2.24, 2.45) is 0 Å². The Kier molecular flexibility index (Phi) is 4.65. The van der Waals surface area contributed by atoms with E-state index < -0.39 is 6.04 Å². The molecule has 2 amide bonds. The minimum atomic E-state index is -0.447. The largest absolute Gasteiger partial charge is 0.338 e. The van der Waals surface area contributed by atoms with Gasteiger partial charge in [-0.2, -0.15) is 0 Å². The van der Waals surface area contributed by atoms with Crippen molar-refractivity contribution in [3.8, 4) is 0 Å². The minimum Gasteiger partial charge on any atom is -0.338 e. The number of benzene rings is 1. The molecule has 8 heteroatoms. The molecule has 0 radical (unpaired) electrons. The zero-order valence-electron chi connectivity index (χ0n) is 13.9. The molecule has 2 aromatic heterocycles. The van der Waals surface area contributed by atoms with Crippen LogP contribution in [0.1, 0.15) is 12.8 Å². The Labute approximate surface area is 159 Å². The van der Waals surface area contributed by atoms with Crippen LogP contribution >= 0.6 is 22.9 Å². The molecule has 4 rings (SSSR count). The van der Waals surface area contributed by atoms with Crippen LogP contribution in [0, 0.1) is 0 Å². The maximum absolute atomic E-state index is 12.8. The molecule has 6 nitrogen and oxygen atoms in total. The standard InChI is InChI=1S/C18H17ClN4O2S/c19-13-4-3-12-5-8-22(15(12)10-13)11-16(24)23-7-1-2-14(23)17(25)21-18-20-6-9-26-18/h3-6,8-10,14H,1-2,7,11H2,(H,20,21,25). The average molecular weight is 389 g/mol. The van der Waals surface area contributed by atoms with E-state index in [1.807, 2.05) is 35.0 Å². The molecule has 1 N–H and O–H groups in total. The van der Waals surface area contributed by atoms with Crippen LogP contribution in [-0.4, -0.2) is 38.9 Å². The second-order valence-corrected chi connectivity index (χ2v) is 7.55. The lowest BCUT2D eigenvalue weighted by molar-refractivity contribution is -0.137. The maximum atomic E-state index is 12.8. The highest BCUT2D eigenvalue weighted by Gasteiger charge is 2.34. The number of amides is 2.